The second-order valence-corrected chi connectivity index (χ2v) is 7.87. The second-order valence-electron chi connectivity index (χ2n) is 7.87. The number of imidazole rings is 1. The summed E-state index contributed by atoms with van der Waals surface area (Å²) in [4.78, 5) is 12.0. The number of H-pyrrole nitrogens is 1. The zero-order chi connectivity index (χ0) is 19.6. The monoisotopic (exact) mass is 387 g/mol. The van der Waals surface area contributed by atoms with E-state index in [9.17, 15) is 5.11 Å². The number of pyridine rings is 1. The molecular formula is C23H25N5O. The third kappa shape index (κ3) is 3.69. The third-order valence-corrected chi connectivity index (χ3v) is 5.93. The Morgan fingerprint density at radius 2 is 1.97 bits per heavy atom. The van der Waals surface area contributed by atoms with Crippen molar-refractivity contribution in [1.29, 1.82) is 0 Å². The molecular weight excluding hydrogens is 362 g/mol. The van der Waals surface area contributed by atoms with Crippen molar-refractivity contribution >= 4 is 11.0 Å². The lowest BCUT2D eigenvalue weighted by atomic mass is 10.1. The van der Waals surface area contributed by atoms with Crippen LogP contribution < -0.4 is 5.32 Å². The minimum Gasteiger partial charge on any atom is -0.391 e. The molecule has 1 aliphatic carbocycles. The van der Waals surface area contributed by atoms with Gasteiger partial charge in [0, 0.05) is 54.9 Å². The molecule has 148 valence electrons. The molecule has 6 heteroatoms. The Hall–Kier alpha value is -2.96. The Kier molecular flexibility index (Phi) is 4.87. The number of aliphatic hydroxyl groups is 1. The van der Waals surface area contributed by atoms with E-state index in [4.69, 9.17) is 0 Å². The van der Waals surface area contributed by atoms with Crippen LogP contribution in [0.2, 0.25) is 0 Å². The quantitative estimate of drug-likeness (QED) is 0.474. The molecule has 29 heavy (non-hydrogen) atoms. The lowest BCUT2D eigenvalue weighted by molar-refractivity contribution is 0.145. The van der Waals surface area contributed by atoms with E-state index in [-0.39, 0.29) is 12.1 Å². The van der Waals surface area contributed by atoms with E-state index in [1.165, 1.54) is 5.56 Å². The van der Waals surface area contributed by atoms with Gasteiger partial charge in [0.05, 0.1) is 6.10 Å². The van der Waals surface area contributed by atoms with Gasteiger partial charge in [0.15, 0.2) is 0 Å². The first-order chi connectivity index (χ1) is 14.3. The molecule has 0 bridgehead atoms. The molecule has 1 aromatic carbocycles. The van der Waals surface area contributed by atoms with Gasteiger partial charge < -0.3 is 20.0 Å². The summed E-state index contributed by atoms with van der Waals surface area (Å²) in [6.07, 6.45) is 9.07. The smallest absolute Gasteiger partial charge is 0.139 e. The molecule has 3 atom stereocenters. The van der Waals surface area contributed by atoms with E-state index >= 15 is 0 Å². The Labute approximate surface area is 169 Å². The number of aliphatic hydroxyl groups excluding tert-OH is 1. The summed E-state index contributed by atoms with van der Waals surface area (Å²) in [5, 5.41) is 15.3. The van der Waals surface area contributed by atoms with Crippen LogP contribution in [0, 0.1) is 5.92 Å². The van der Waals surface area contributed by atoms with E-state index in [1.807, 2.05) is 49.1 Å². The lowest BCUT2D eigenvalue weighted by Gasteiger charge is -2.17. The van der Waals surface area contributed by atoms with Gasteiger partial charge in [-0.3, -0.25) is 0 Å². The molecule has 1 aliphatic rings. The van der Waals surface area contributed by atoms with Gasteiger partial charge in [0.25, 0.3) is 0 Å². The molecule has 4 aromatic rings. The summed E-state index contributed by atoms with van der Waals surface area (Å²) < 4.78 is 2.21. The van der Waals surface area contributed by atoms with Crippen molar-refractivity contribution in [2.24, 2.45) is 5.92 Å². The number of fused-ring (bicyclic) bond motifs is 1. The maximum Gasteiger partial charge on any atom is 0.139 e. The molecule has 1 fully saturated rings. The number of benzene rings is 1. The molecule has 3 aromatic heterocycles. The highest BCUT2D eigenvalue weighted by atomic mass is 16.3. The fraction of sp³-hybridized carbons (Fsp3) is 0.304. The van der Waals surface area contributed by atoms with Crippen molar-refractivity contribution < 1.29 is 5.11 Å². The largest absolute Gasteiger partial charge is 0.391 e. The van der Waals surface area contributed by atoms with Crippen molar-refractivity contribution in [3.8, 4) is 11.4 Å². The summed E-state index contributed by atoms with van der Waals surface area (Å²) in [5.74, 6) is 1.41. The number of hydrogen-bond acceptors (Lipinski definition) is 4. The van der Waals surface area contributed by atoms with Gasteiger partial charge in [0.2, 0.25) is 0 Å². The highest BCUT2D eigenvalue weighted by Crippen LogP contribution is 2.30. The van der Waals surface area contributed by atoms with Crippen LogP contribution in [0.15, 0.2) is 67.3 Å². The fourth-order valence-electron chi connectivity index (χ4n) is 4.48. The first-order valence-corrected chi connectivity index (χ1v) is 10.2. The van der Waals surface area contributed by atoms with E-state index in [2.05, 4.69) is 43.0 Å². The van der Waals surface area contributed by atoms with Crippen LogP contribution in [0.25, 0.3) is 22.4 Å². The Morgan fingerprint density at radius 1 is 1.07 bits per heavy atom. The van der Waals surface area contributed by atoms with Crippen LogP contribution in [0.5, 0.6) is 0 Å². The molecule has 6 nitrogen and oxygen atoms in total. The predicted molar refractivity (Wildman–Crippen MR) is 113 cm³/mol. The van der Waals surface area contributed by atoms with E-state index in [0.29, 0.717) is 5.92 Å². The van der Waals surface area contributed by atoms with E-state index < -0.39 is 0 Å². The maximum atomic E-state index is 10.6. The highest BCUT2D eigenvalue weighted by molar-refractivity contribution is 5.79. The van der Waals surface area contributed by atoms with Gasteiger partial charge in [-0.25, -0.2) is 9.97 Å². The second kappa shape index (κ2) is 7.81. The number of aromatic amines is 1. The van der Waals surface area contributed by atoms with Crippen LogP contribution in [-0.2, 0) is 13.1 Å². The first-order valence-electron chi connectivity index (χ1n) is 10.2. The Balaban J connectivity index is 1.24. The summed E-state index contributed by atoms with van der Waals surface area (Å²) in [5.41, 5.74) is 3.23. The van der Waals surface area contributed by atoms with Gasteiger partial charge in [-0.2, -0.15) is 0 Å². The molecule has 0 spiro atoms. The number of rotatable bonds is 6. The van der Waals surface area contributed by atoms with Gasteiger partial charge in [-0.05, 0) is 36.5 Å². The number of hydrogen-bond donors (Lipinski definition) is 3. The van der Waals surface area contributed by atoms with E-state index in [1.54, 1.807) is 0 Å². The zero-order valence-corrected chi connectivity index (χ0v) is 16.2. The van der Waals surface area contributed by atoms with Gasteiger partial charge in [0.1, 0.15) is 11.5 Å². The number of nitrogens with zero attached hydrogens (tertiary/aromatic N) is 3. The average molecular weight is 387 g/mol. The summed E-state index contributed by atoms with van der Waals surface area (Å²) in [6, 6.07) is 14.5. The van der Waals surface area contributed by atoms with Gasteiger partial charge in [-0.15, -0.1) is 0 Å². The zero-order valence-electron chi connectivity index (χ0n) is 16.2. The average Bonchev–Trinajstić information content (AvgIpc) is 3.47. The summed E-state index contributed by atoms with van der Waals surface area (Å²) in [6.45, 7) is 1.60. The molecule has 0 radical (unpaired) electrons. The Morgan fingerprint density at radius 3 is 2.86 bits per heavy atom. The molecule has 0 saturated heterocycles. The minimum absolute atomic E-state index is 0.103. The molecule has 1 saturated carbocycles. The Bertz CT molecular complexity index is 1090. The molecule has 1 unspecified atom stereocenters. The van der Waals surface area contributed by atoms with Crippen molar-refractivity contribution in [3.63, 3.8) is 0 Å². The SMILES string of the molecule is O[C@@H]1CC(Cn2ccnc2-c2ccccc2)C[C@H]1NCc1ccnc2[nH]ccc12. The summed E-state index contributed by atoms with van der Waals surface area (Å²) in [7, 11) is 0. The highest BCUT2D eigenvalue weighted by Gasteiger charge is 2.33. The number of aromatic nitrogens is 4. The molecule has 0 amide bonds. The molecule has 3 N–H and O–H groups in total. The predicted octanol–water partition coefficient (Wildman–Crippen LogP) is 3.36. The minimum atomic E-state index is -0.327. The number of nitrogens with one attached hydrogen (secondary N) is 2. The van der Waals surface area contributed by atoms with Crippen LogP contribution in [0.1, 0.15) is 18.4 Å². The van der Waals surface area contributed by atoms with Crippen LogP contribution >= 0.6 is 0 Å². The fourth-order valence-corrected chi connectivity index (χ4v) is 4.48. The molecule has 3 heterocycles. The maximum absolute atomic E-state index is 10.6. The molecule has 0 aliphatic heterocycles. The van der Waals surface area contributed by atoms with Gasteiger partial charge >= 0.3 is 0 Å². The van der Waals surface area contributed by atoms with Crippen LogP contribution in [-0.4, -0.2) is 36.8 Å². The van der Waals surface area contributed by atoms with Crippen molar-refractivity contribution in [2.75, 3.05) is 0 Å². The van der Waals surface area contributed by atoms with Crippen LogP contribution in [0.3, 0.4) is 0 Å². The van der Waals surface area contributed by atoms with Crippen molar-refractivity contribution in [3.05, 3.63) is 72.8 Å². The topological polar surface area (TPSA) is 78.8 Å². The standard InChI is InChI=1S/C23H25N5O/c29-21-13-16(15-28-11-10-26-23(28)17-4-2-1-3-5-17)12-20(21)27-14-18-6-8-24-22-19(18)7-9-25-22/h1-11,16,20-21,27,29H,12-15H2,(H,24,25)/t16?,20-,21-/m1/s1. The normalized spacial score (nSPS) is 21.8. The van der Waals surface area contributed by atoms with Gasteiger partial charge in [-0.1, -0.05) is 30.3 Å². The first kappa shape index (κ1) is 18.1. The summed E-state index contributed by atoms with van der Waals surface area (Å²) >= 11 is 0. The van der Waals surface area contributed by atoms with Crippen molar-refractivity contribution in [2.45, 2.75) is 38.1 Å². The van der Waals surface area contributed by atoms with Crippen molar-refractivity contribution in [1.82, 2.24) is 24.8 Å². The lowest BCUT2D eigenvalue weighted by Crippen LogP contribution is -2.35. The van der Waals surface area contributed by atoms with Crippen LogP contribution in [0.4, 0.5) is 0 Å². The molecule has 5 rings (SSSR count). The van der Waals surface area contributed by atoms with E-state index in [0.717, 1.165) is 48.4 Å². The third-order valence-electron chi connectivity index (χ3n) is 5.93.